The quantitative estimate of drug-likeness (QED) is 0.863. The number of hydrogen-bond acceptors (Lipinski definition) is 4. The summed E-state index contributed by atoms with van der Waals surface area (Å²) in [6.07, 6.45) is 1.53. The minimum absolute atomic E-state index is 0.0482. The van der Waals surface area contributed by atoms with Crippen molar-refractivity contribution >= 4 is 5.91 Å². The fourth-order valence-corrected chi connectivity index (χ4v) is 2.43. The molecule has 2 rings (SSSR count). The van der Waals surface area contributed by atoms with Gasteiger partial charge in [0.25, 0.3) is 5.91 Å². The number of amides is 1. The van der Waals surface area contributed by atoms with E-state index in [0.717, 1.165) is 5.56 Å². The van der Waals surface area contributed by atoms with Gasteiger partial charge >= 0.3 is 0 Å². The van der Waals surface area contributed by atoms with E-state index < -0.39 is 0 Å². The van der Waals surface area contributed by atoms with Gasteiger partial charge in [-0.2, -0.15) is 0 Å². The van der Waals surface area contributed by atoms with E-state index in [1.807, 2.05) is 32.9 Å². The molecule has 1 aromatic rings. The number of carbonyl (C=O) groups is 1. The molecule has 1 fully saturated rings. The molecule has 1 saturated heterocycles. The van der Waals surface area contributed by atoms with E-state index in [2.05, 4.69) is 4.98 Å². The second-order valence-electron chi connectivity index (χ2n) is 5.59. The summed E-state index contributed by atoms with van der Waals surface area (Å²) in [5, 5.41) is 0. The lowest BCUT2D eigenvalue weighted by Gasteiger charge is -2.42. The molecule has 2 N–H and O–H groups in total. The third kappa shape index (κ3) is 3.11. The number of nitrogens with zero attached hydrogens (tertiary/aromatic N) is 2. The van der Waals surface area contributed by atoms with Gasteiger partial charge < -0.3 is 15.4 Å². The topological polar surface area (TPSA) is 68.5 Å². The Kier molecular flexibility index (Phi) is 3.87. The lowest BCUT2D eigenvalue weighted by atomic mass is 10.0. The van der Waals surface area contributed by atoms with Gasteiger partial charge in [0, 0.05) is 25.8 Å². The van der Waals surface area contributed by atoms with Crippen molar-refractivity contribution in [2.75, 3.05) is 19.6 Å². The largest absolute Gasteiger partial charge is 0.367 e. The third-order valence-corrected chi connectivity index (χ3v) is 3.24. The number of carbonyl (C=O) groups excluding carboxylic acids is 1. The number of aryl methyl sites for hydroxylation is 1. The molecule has 0 saturated carbocycles. The minimum atomic E-state index is -0.374. The van der Waals surface area contributed by atoms with Crippen LogP contribution < -0.4 is 5.73 Å². The van der Waals surface area contributed by atoms with Crippen LogP contribution in [0.4, 0.5) is 0 Å². The molecule has 5 nitrogen and oxygen atoms in total. The van der Waals surface area contributed by atoms with Crippen molar-refractivity contribution in [2.24, 2.45) is 5.73 Å². The highest BCUT2D eigenvalue weighted by Gasteiger charge is 2.35. The zero-order valence-electron chi connectivity index (χ0n) is 11.7. The second-order valence-corrected chi connectivity index (χ2v) is 5.59. The van der Waals surface area contributed by atoms with Crippen molar-refractivity contribution in [3.8, 4) is 0 Å². The summed E-state index contributed by atoms with van der Waals surface area (Å²) >= 11 is 0. The average molecular weight is 263 g/mol. The van der Waals surface area contributed by atoms with E-state index in [4.69, 9.17) is 10.5 Å². The molecule has 1 aromatic heterocycles. The summed E-state index contributed by atoms with van der Waals surface area (Å²) < 4.78 is 5.83. The third-order valence-electron chi connectivity index (χ3n) is 3.24. The molecule has 0 radical (unpaired) electrons. The minimum Gasteiger partial charge on any atom is -0.367 e. The van der Waals surface area contributed by atoms with Crippen LogP contribution >= 0.6 is 0 Å². The number of rotatable bonds is 2. The van der Waals surface area contributed by atoms with Gasteiger partial charge in [0.15, 0.2) is 0 Å². The number of ether oxygens (including phenoxy) is 1. The van der Waals surface area contributed by atoms with Crippen molar-refractivity contribution in [2.45, 2.75) is 32.5 Å². The predicted molar refractivity (Wildman–Crippen MR) is 72.9 cm³/mol. The number of hydrogen-bond donors (Lipinski definition) is 1. The standard InChI is InChI=1S/C14H21N3O2/c1-10-5-4-6-16-12(10)13(18)17-8-11(7-15)19-14(2,3)9-17/h4-6,11H,7-9,15H2,1-3H3. The average Bonchev–Trinajstić information content (AvgIpc) is 2.36. The number of nitrogens with two attached hydrogens (primary N) is 1. The van der Waals surface area contributed by atoms with Gasteiger partial charge in [0.05, 0.1) is 11.7 Å². The van der Waals surface area contributed by atoms with Crippen LogP contribution in [0, 0.1) is 6.92 Å². The molecule has 1 aliphatic rings. The Hall–Kier alpha value is -1.46. The lowest BCUT2D eigenvalue weighted by Crippen LogP contribution is -2.56. The van der Waals surface area contributed by atoms with E-state index in [9.17, 15) is 4.79 Å². The van der Waals surface area contributed by atoms with Gasteiger partial charge in [-0.1, -0.05) is 6.07 Å². The van der Waals surface area contributed by atoms with Crippen LogP contribution in [-0.4, -0.2) is 47.1 Å². The lowest BCUT2D eigenvalue weighted by molar-refractivity contribution is -0.122. The SMILES string of the molecule is Cc1cccnc1C(=O)N1CC(CN)OC(C)(C)C1. The first-order valence-electron chi connectivity index (χ1n) is 6.52. The molecule has 0 bridgehead atoms. The van der Waals surface area contributed by atoms with Crippen molar-refractivity contribution in [3.05, 3.63) is 29.6 Å². The highest BCUT2D eigenvalue weighted by molar-refractivity contribution is 5.93. The number of morpholine rings is 1. The Balaban J connectivity index is 2.21. The van der Waals surface area contributed by atoms with Gasteiger partial charge in [-0.05, 0) is 32.4 Å². The van der Waals surface area contributed by atoms with Crippen molar-refractivity contribution in [1.82, 2.24) is 9.88 Å². The maximum Gasteiger partial charge on any atom is 0.272 e. The Morgan fingerprint density at radius 2 is 2.37 bits per heavy atom. The van der Waals surface area contributed by atoms with Crippen molar-refractivity contribution in [3.63, 3.8) is 0 Å². The van der Waals surface area contributed by atoms with E-state index >= 15 is 0 Å². The first-order chi connectivity index (χ1) is 8.93. The van der Waals surface area contributed by atoms with E-state index in [-0.39, 0.29) is 17.6 Å². The fourth-order valence-electron chi connectivity index (χ4n) is 2.43. The van der Waals surface area contributed by atoms with Crippen LogP contribution in [0.2, 0.25) is 0 Å². The molecule has 104 valence electrons. The molecular weight excluding hydrogens is 242 g/mol. The highest BCUT2D eigenvalue weighted by atomic mass is 16.5. The van der Waals surface area contributed by atoms with Crippen LogP contribution in [0.15, 0.2) is 18.3 Å². The second kappa shape index (κ2) is 5.27. The van der Waals surface area contributed by atoms with Gasteiger partial charge in [0.2, 0.25) is 0 Å². The Morgan fingerprint density at radius 3 is 3.00 bits per heavy atom. The molecule has 1 aliphatic heterocycles. The monoisotopic (exact) mass is 263 g/mol. The summed E-state index contributed by atoms with van der Waals surface area (Å²) in [7, 11) is 0. The van der Waals surface area contributed by atoms with Crippen LogP contribution in [0.25, 0.3) is 0 Å². The summed E-state index contributed by atoms with van der Waals surface area (Å²) in [6.45, 7) is 7.33. The first-order valence-corrected chi connectivity index (χ1v) is 6.52. The van der Waals surface area contributed by atoms with E-state index in [1.165, 1.54) is 0 Å². The van der Waals surface area contributed by atoms with Crippen LogP contribution in [0.3, 0.4) is 0 Å². The van der Waals surface area contributed by atoms with Crippen molar-refractivity contribution in [1.29, 1.82) is 0 Å². The number of pyridine rings is 1. The molecule has 1 atom stereocenters. The van der Waals surface area contributed by atoms with E-state index in [0.29, 0.717) is 25.3 Å². The van der Waals surface area contributed by atoms with E-state index in [1.54, 1.807) is 11.1 Å². The summed E-state index contributed by atoms with van der Waals surface area (Å²) in [5.41, 5.74) is 6.70. The summed E-state index contributed by atoms with van der Waals surface area (Å²) in [4.78, 5) is 18.5. The normalized spacial score (nSPS) is 22.3. The molecule has 2 heterocycles. The zero-order chi connectivity index (χ0) is 14.0. The highest BCUT2D eigenvalue weighted by Crippen LogP contribution is 2.22. The Morgan fingerprint density at radius 1 is 1.63 bits per heavy atom. The van der Waals surface area contributed by atoms with Gasteiger partial charge in [0.1, 0.15) is 5.69 Å². The molecule has 19 heavy (non-hydrogen) atoms. The molecule has 0 spiro atoms. The molecule has 5 heteroatoms. The molecule has 1 amide bonds. The van der Waals surface area contributed by atoms with Crippen LogP contribution in [0.1, 0.15) is 29.9 Å². The number of aromatic nitrogens is 1. The Labute approximate surface area is 113 Å². The van der Waals surface area contributed by atoms with Crippen LogP contribution in [-0.2, 0) is 4.74 Å². The summed E-state index contributed by atoms with van der Waals surface area (Å²) in [5.74, 6) is -0.0482. The smallest absolute Gasteiger partial charge is 0.272 e. The molecular formula is C14H21N3O2. The van der Waals surface area contributed by atoms with Gasteiger partial charge in [-0.25, -0.2) is 0 Å². The fraction of sp³-hybridized carbons (Fsp3) is 0.571. The molecule has 0 aromatic carbocycles. The first kappa shape index (κ1) is 14.0. The van der Waals surface area contributed by atoms with Crippen LogP contribution in [0.5, 0.6) is 0 Å². The summed E-state index contributed by atoms with van der Waals surface area (Å²) in [6, 6.07) is 3.73. The maximum absolute atomic E-state index is 12.5. The van der Waals surface area contributed by atoms with Crippen molar-refractivity contribution < 1.29 is 9.53 Å². The Bertz CT molecular complexity index is 474. The maximum atomic E-state index is 12.5. The van der Waals surface area contributed by atoms with Gasteiger partial charge in [-0.15, -0.1) is 0 Å². The molecule has 0 aliphatic carbocycles. The van der Waals surface area contributed by atoms with Gasteiger partial charge in [-0.3, -0.25) is 9.78 Å². The predicted octanol–water partition coefficient (Wildman–Crippen LogP) is 0.968. The zero-order valence-corrected chi connectivity index (χ0v) is 11.7. The molecule has 1 unspecified atom stereocenters.